The molecule has 0 spiro atoms. The first kappa shape index (κ1) is 15.5. The van der Waals surface area contributed by atoms with Gasteiger partial charge in [0.05, 0.1) is 0 Å². The Kier molecular flexibility index (Phi) is 5.22. The Labute approximate surface area is 124 Å². The number of benzene rings is 1. The van der Waals surface area contributed by atoms with E-state index >= 15 is 0 Å². The van der Waals surface area contributed by atoms with E-state index in [9.17, 15) is 0 Å². The summed E-state index contributed by atoms with van der Waals surface area (Å²) in [5, 5.41) is 0. The Morgan fingerprint density at radius 2 is 1.80 bits per heavy atom. The van der Waals surface area contributed by atoms with E-state index in [0.29, 0.717) is 11.5 Å². The highest BCUT2D eigenvalue weighted by Crippen LogP contribution is 2.40. The summed E-state index contributed by atoms with van der Waals surface area (Å²) in [4.78, 5) is 2.61. The predicted octanol–water partition coefficient (Wildman–Crippen LogP) is 3.76. The fourth-order valence-electron chi connectivity index (χ4n) is 3.53. The van der Waals surface area contributed by atoms with Crippen molar-refractivity contribution in [2.24, 2.45) is 11.1 Å². The van der Waals surface area contributed by atoms with Crippen LogP contribution in [0.25, 0.3) is 0 Å². The molecular weight excluding hydrogens is 244 g/mol. The number of rotatable bonds is 6. The van der Waals surface area contributed by atoms with Crippen molar-refractivity contribution in [1.82, 2.24) is 4.90 Å². The number of hydrogen-bond acceptors (Lipinski definition) is 2. The number of aryl methyl sites for hydroxylation is 1. The molecule has 2 nitrogen and oxygen atoms in total. The summed E-state index contributed by atoms with van der Waals surface area (Å²) in [6.45, 7) is 9.99. The molecule has 2 heteroatoms. The van der Waals surface area contributed by atoms with Crippen molar-refractivity contribution in [3.63, 3.8) is 0 Å². The SMILES string of the molecule is CCc1ccc(C(CN)N2CCC(CC)(CC)C2)cc1. The molecule has 1 aliphatic rings. The average molecular weight is 274 g/mol. The molecule has 1 aromatic rings. The Morgan fingerprint density at radius 3 is 2.25 bits per heavy atom. The lowest BCUT2D eigenvalue weighted by molar-refractivity contribution is 0.197. The van der Waals surface area contributed by atoms with E-state index in [1.807, 2.05) is 0 Å². The summed E-state index contributed by atoms with van der Waals surface area (Å²) in [6, 6.07) is 9.44. The standard InChI is InChI=1S/C18H30N2/c1-4-15-7-9-16(10-8-15)17(13-19)20-12-11-18(5-2,6-3)14-20/h7-10,17H,4-6,11-14,19H2,1-3H3. The minimum atomic E-state index is 0.390. The van der Waals surface area contributed by atoms with E-state index in [4.69, 9.17) is 5.73 Å². The van der Waals surface area contributed by atoms with Gasteiger partial charge in [0.25, 0.3) is 0 Å². The molecule has 0 bridgehead atoms. The van der Waals surface area contributed by atoms with Gasteiger partial charge in [-0.15, -0.1) is 0 Å². The van der Waals surface area contributed by atoms with Crippen LogP contribution in [0, 0.1) is 5.41 Å². The molecule has 2 rings (SSSR count). The molecule has 0 amide bonds. The predicted molar refractivity (Wildman–Crippen MR) is 86.8 cm³/mol. The van der Waals surface area contributed by atoms with E-state index in [1.165, 1.54) is 43.5 Å². The van der Waals surface area contributed by atoms with Crippen molar-refractivity contribution in [2.75, 3.05) is 19.6 Å². The molecule has 1 aromatic carbocycles. The Balaban J connectivity index is 2.12. The Bertz CT molecular complexity index is 406. The monoisotopic (exact) mass is 274 g/mol. The summed E-state index contributed by atoms with van der Waals surface area (Å²) < 4.78 is 0. The largest absolute Gasteiger partial charge is 0.329 e. The van der Waals surface area contributed by atoms with Crippen LogP contribution in [0.15, 0.2) is 24.3 Å². The van der Waals surface area contributed by atoms with Crippen molar-refractivity contribution >= 4 is 0 Å². The minimum Gasteiger partial charge on any atom is -0.329 e. The molecule has 20 heavy (non-hydrogen) atoms. The van der Waals surface area contributed by atoms with Crippen LogP contribution in [0.4, 0.5) is 0 Å². The molecule has 1 atom stereocenters. The molecule has 1 aliphatic heterocycles. The zero-order valence-corrected chi connectivity index (χ0v) is 13.4. The molecule has 0 aromatic heterocycles. The first-order chi connectivity index (χ1) is 9.68. The highest BCUT2D eigenvalue weighted by molar-refractivity contribution is 5.25. The minimum absolute atomic E-state index is 0.390. The van der Waals surface area contributed by atoms with Crippen LogP contribution in [0.3, 0.4) is 0 Å². The second-order valence-corrected chi connectivity index (χ2v) is 6.27. The number of hydrogen-bond donors (Lipinski definition) is 1. The highest BCUT2D eigenvalue weighted by Gasteiger charge is 2.37. The first-order valence-corrected chi connectivity index (χ1v) is 8.21. The van der Waals surface area contributed by atoms with Gasteiger partial charge in [-0.05, 0) is 48.8 Å². The normalized spacial score (nSPS) is 20.2. The first-order valence-electron chi connectivity index (χ1n) is 8.21. The van der Waals surface area contributed by atoms with Gasteiger partial charge in [0.2, 0.25) is 0 Å². The molecule has 1 saturated heterocycles. The van der Waals surface area contributed by atoms with Gasteiger partial charge in [-0.2, -0.15) is 0 Å². The fraction of sp³-hybridized carbons (Fsp3) is 0.667. The lowest BCUT2D eigenvalue weighted by Crippen LogP contribution is -2.34. The fourth-order valence-corrected chi connectivity index (χ4v) is 3.53. The second kappa shape index (κ2) is 6.73. The maximum absolute atomic E-state index is 6.08. The third-order valence-corrected chi connectivity index (χ3v) is 5.40. The van der Waals surface area contributed by atoms with Gasteiger partial charge in [-0.25, -0.2) is 0 Å². The second-order valence-electron chi connectivity index (χ2n) is 6.27. The molecule has 2 N–H and O–H groups in total. The summed E-state index contributed by atoms with van der Waals surface area (Å²) >= 11 is 0. The van der Waals surface area contributed by atoms with Crippen LogP contribution in [-0.2, 0) is 6.42 Å². The molecule has 0 aliphatic carbocycles. The van der Waals surface area contributed by atoms with Gasteiger partial charge < -0.3 is 5.73 Å². The summed E-state index contributed by atoms with van der Waals surface area (Å²) in [5.74, 6) is 0. The zero-order chi connectivity index (χ0) is 14.6. The number of likely N-dealkylation sites (tertiary alicyclic amines) is 1. The van der Waals surface area contributed by atoms with Crippen molar-refractivity contribution < 1.29 is 0 Å². The summed E-state index contributed by atoms with van der Waals surface area (Å²) in [7, 11) is 0. The molecular formula is C18H30N2. The molecule has 0 radical (unpaired) electrons. The molecule has 1 heterocycles. The van der Waals surface area contributed by atoms with E-state index in [0.717, 1.165) is 13.0 Å². The zero-order valence-electron chi connectivity index (χ0n) is 13.4. The lowest BCUT2D eigenvalue weighted by Gasteiger charge is -2.31. The van der Waals surface area contributed by atoms with Crippen LogP contribution in [0.5, 0.6) is 0 Å². The maximum atomic E-state index is 6.08. The van der Waals surface area contributed by atoms with Gasteiger partial charge in [0, 0.05) is 19.1 Å². The molecule has 112 valence electrons. The third-order valence-electron chi connectivity index (χ3n) is 5.40. The van der Waals surface area contributed by atoms with Crippen molar-refractivity contribution in [1.29, 1.82) is 0 Å². The van der Waals surface area contributed by atoms with E-state index < -0.39 is 0 Å². The van der Waals surface area contributed by atoms with Gasteiger partial charge in [-0.1, -0.05) is 45.0 Å². The average Bonchev–Trinajstić information content (AvgIpc) is 2.94. The van der Waals surface area contributed by atoms with Gasteiger partial charge in [0.15, 0.2) is 0 Å². The number of nitrogens with zero attached hydrogens (tertiary/aromatic N) is 1. The van der Waals surface area contributed by atoms with Gasteiger partial charge in [-0.3, -0.25) is 4.90 Å². The maximum Gasteiger partial charge on any atom is 0.0470 e. The highest BCUT2D eigenvalue weighted by atomic mass is 15.2. The lowest BCUT2D eigenvalue weighted by atomic mass is 9.82. The van der Waals surface area contributed by atoms with Gasteiger partial charge in [0.1, 0.15) is 0 Å². The molecule has 1 unspecified atom stereocenters. The third kappa shape index (κ3) is 3.07. The Hall–Kier alpha value is -0.860. The van der Waals surface area contributed by atoms with E-state index in [2.05, 4.69) is 49.9 Å². The van der Waals surface area contributed by atoms with Crippen LogP contribution in [0.2, 0.25) is 0 Å². The van der Waals surface area contributed by atoms with Gasteiger partial charge >= 0.3 is 0 Å². The molecule has 1 fully saturated rings. The van der Waals surface area contributed by atoms with Crippen molar-refractivity contribution in [2.45, 2.75) is 52.5 Å². The van der Waals surface area contributed by atoms with Crippen molar-refractivity contribution in [3.05, 3.63) is 35.4 Å². The van der Waals surface area contributed by atoms with E-state index in [-0.39, 0.29) is 0 Å². The summed E-state index contributed by atoms with van der Waals surface area (Å²) in [6.07, 6.45) is 4.99. The topological polar surface area (TPSA) is 29.3 Å². The summed E-state index contributed by atoms with van der Waals surface area (Å²) in [5.41, 5.74) is 9.40. The van der Waals surface area contributed by atoms with E-state index in [1.54, 1.807) is 0 Å². The van der Waals surface area contributed by atoms with Crippen LogP contribution < -0.4 is 5.73 Å². The quantitative estimate of drug-likeness (QED) is 0.856. The molecule has 0 saturated carbocycles. The van der Waals surface area contributed by atoms with Crippen LogP contribution in [0.1, 0.15) is 57.2 Å². The van der Waals surface area contributed by atoms with Crippen LogP contribution >= 0.6 is 0 Å². The smallest absolute Gasteiger partial charge is 0.0470 e. The Morgan fingerprint density at radius 1 is 1.15 bits per heavy atom. The van der Waals surface area contributed by atoms with Crippen molar-refractivity contribution in [3.8, 4) is 0 Å². The van der Waals surface area contributed by atoms with Crippen LogP contribution in [-0.4, -0.2) is 24.5 Å². The number of nitrogens with two attached hydrogens (primary N) is 1.